The summed E-state index contributed by atoms with van der Waals surface area (Å²) in [5.74, 6) is 0.918. The van der Waals surface area contributed by atoms with Crippen molar-refractivity contribution in [1.29, 1.82) is 0 Å². The number of carbonyl (C=O) groups excluding carboxylic acids is 1. The van der Waals surface area contributed by atoms with E-state index in [2.05, 4.69) is 15.2 Å². The van der Waals surface area contributed by atoms with E-state index in [1.54, 1.807) is 24.9 Å². The smallest absolute Gasteiger partial charge is 0.362 e. The van der Waals surface area contributed by atoms with Crippen molar-refractivity contribution in [1.82, 2.24) is 19.9 Å². The second-order valence-corrected chi connectivity index (χ2v) is 6.34. The fraction of sp³-hybridized carbons (Fsp3) is 0.182. The zero-order valence-electron chi connectivity index (χ0n) is 17.0. The van der Waals surface area contributed by atoms with Crippen molar-refractivity contribution in [3.63, 3.8) is 0 Å². The molecule has 31 heavy (non-hydrogen) atoms. The molecule has 0 N–H and O–H groups in total. The Morgan fingerprint density at radius 3 is 2.61 bits per heavy atom. The van der Waals surface area contributed by atoms with Gasteiger partial charge in [-0.15, -0.1) is 0 Å². The third kappa shape index (κ3) is 4.40. The van der Waals surface area contributed by atoms with Gasteiger partial charge in [0.15, 0.2) is 12.4 Å². The minimum atomic E-state index is -0.576. The van der Waals surface area contributed by atoms with Gasteiger partial charge in [-0.1, -0.05) is 35.5 Å². The quantitative estimate of drug-likeness (QED) is 0.398. The molecule has 9 nitrogen and oxygen atoms in total. The summed E-state index contributed by atoms with van der Waals surface area (Å²) in [6, 6.07) is 16.7. The number of benzene rings is 2. The van der Waals surface area contributed by atoms with Crippen LogP contribution in [0.1, 0.15) is 23.3 Å². The number of nitrogens with zero attached hydrogens (tertiary/aromatic N) is 4. The first-order valence-electron chi connectivity index (χ1n) is 9.60. The molecule has 0 spiro atoms. The highest BCUT2D eigenvalue weighted by Gasteiger charge is 2.21. The second kappa shape index (κ2) is 9.12. The Hall–Kier alpha value is -4.14. The summed E-state index contributed by atoms with van der Waals surface area (Å²) >= 11 is 0. The molecule has 0 unspecified atom stereocenters. The third-order valence-electron chi connectivity index (χ3n) is 4.34. The number of aromatic nitrogens is 4. The molecule has 0 saturated heterocycles. The number of carbonyl (C=O) groups is 1. The monoisotopic (exact) mass is 420 g/mol. The van der Waals surface area contributed by atoms with Crippen molar-refractivity contribution in [2.75, 3.05) is 13.7 Å². The first-order valence-corrected chi connectivity index (χ1v) is 9.60. The Kier molecular flexibility index (Phi) is 5.93. The van der Waals surface area contributed by atoms with Crippen molar-refractivity contribution < 1.29 is 23.5 Å². The van der Waals surface area contributed by atoms with Gasteiger partial charge in [-0.2, -0.15) is 10.1 Å². The Morgan fingerprint density at radius 1 is 1.06 bits per heavy atom. The number of rotatable bonds is 8. The van der Waals surface area contributed by atoms with E-state index in [1.807, 2.05) is 54.6 Å². The summed E-state index contributed by atoms with van der Waals surface area (Å²) in [5, 5.41) is 8.31. The molecular weight excluding hydrogens is 400 g/mol. The highest BCUT2D eigenvalue weighted by Crippen LogP contribution is 2.27. The maximum absolute atomic E-state index is 12.3. The summed E-state index contributed by atoms with van der Waals surface area (Å²) in [6.07, 6.45) is 1.61. The van der Waals surface area contributed by atoms with Crippen molar-refractivity contribution in [2.24, 2.45) is 0 Å². The van der Waals surface area contributed by atoms with Gasteiger partial charge in [-0.3, -0.25) is 0 Å². The molecule has 0 aliphatic heterocycles. The molecule has 0 saturated carbocycles. The van der Waals surface area contributed by atoms with Crippen LogP contribution in [0, 0.1) is 0 Å². The molecular formula is C22H20N4O5. The molecule has 2 aromatic carbocycles. The van der Waals surface area contributed by atoms with Crippen LogP contribution in [0.15, 0.2) is 65.3 Å². The van der Waals surface area contributed by atoms with E-state index >= 15 is 0 Å². The number of methoxy groups -OCH3 is 1. The molecule has 0 amide bonds. The molecule has 158 valence electrons. The minimum Gasteiger partial charge on any atom is -0.496 e. The SMILES string of the molecule is CCOC(=O)c1nn(-c2ccccc2)cc1OCc1nc(-c2ccccc2OC)no1. The van der Waals surface area contributed by atoms with Gasteiger partial charge in [-0.25, -0.2) is 9.48 Å². The molecule has 0 aliphatic rings. The lowest BCUT2D eigenvalue weighted by Gasteiger charge is -2.03. The number of para-hydroxylation sites is 2. The summed E-state index contributed by atoms with van der Waals surface area (Å²) in [7, 11) is 1.57. The Labute approximate surface area is 178 Å². The minimum absolute atomic E-state index is 0.0466. The van der Waals surface area contributed by atoms with Crippen LogP contribution in [-0.2, 0) is 11.3 Å². The van der Waals surface area contributed by atoms with Crippen molar-refractivity contribution >= 4 is 5.97 Å². The standard InChI is InChI=1S/C22H20N4O5/c1-3-29-22(27)20-18(13-26(24-20)15-9-5-4-6-10-15)30-14-19-23-21(25-31-19)16-11-7-8-12-17(16)28-2/h4-13H,3,14H2,1-2H3. The molecule has 0 bridgehead atoms. The normalized spacial score (nSPS) is 10.6. The van der Waals surface area contributed by atoms with Gasteiger partial charge < -0.3 is 18.7 Å². The number of hydrogen-bond acceptors (Lipinski definition) is 8. The summed E-state index contributed by atoms with van der Waals surface area (Å²) in [4.78, 5) is 16.7. The van der Waals surface area contributed by atoms with E-state index in [9.17, 15) is 4.79 Å². The lowest BCUT2D eigenvalue weighted by atomic mass is 10.2. The molecule has 0 fully saturated rings. The van der Waals surface area contributed by atoms with E-state index in [0.29, 0.717) is 17.1 Å². The van der Waals surface area contributed by atoms with E-state index < -0.39 is 5.97 Å². The Bertz CT molecular complexity index is 1170. The third-order valence-corrected chi connectivity index (χ3v) is 4.34. The van der Waals surface area contributed by atoms with Crippen LogP contribution in [0.25, 0.3) is 17.1 Å². The fourth-order valence-electron chi connectivity index (χ4n) is 2.91. The van der Waals surface area contributed by atoms with Gasteiger partial charge in [0.1, 0.15) is 5.75 Å². The van der Waals surface area contributed by atoms with Gasteiger partial charge in [0.2, 0.25) is 11.5 Å². The first kappa shape index (κ1) is 20.1. The van der Waals surface area contributed by atoms with E-state index in [1.165, 1.54) is 0 Å². The van der Waals surface area contributed by atoms with E-state index in [-0.39, 0.29) is 30.5 Å². The summed E-state index contributed by atoms with van der Waals surface area (Å²) in [6.45, 7) is 1.90. The maximum Gasteiger partial charge on any atom is 0.362 e. The molecule has 4 aromatic rings. The van der Waals surface area contributed by atoms with Gasteiger partial charge in [0.05, 0.1) is 31.2 Å². The molecule has 9 heteroatoms. The van der Waals surface area contributed by atoms with E-state index in [0.717, 1.165) is 5.69 Å². The van der Waals surface area contributed by atoms with Crippen LogP contribution in [0.2, 0.25) is 0 Å². The predicted molar refractivity (Wildman–Crippen MR) is 110 cm³/mol. The number of esters is 1. The van der Waals surface area contributed by atoms with Crippen LogP contribution in [-0.4, -0.2) is 39.6 Å². The molecule has 0 radical (unpaired) electrons. The summed E-state index contributed by atoms with van der Waals surface area (Å²) in [5.41, 5.74) is 1.54. The molecule has 0 aliphatic carbocycles. The van der Waals surface area contributed by atoms with Crippen LogP contribution < -0.4 is 9.47 Å². The second-order valence-electron chi connectivity index (χ2n) is 6.34. The largest absolute Gasteiger partial charge is 0.496 e. The lowest BCUT2D eigenvalue weighted by Crippen LogP contribution is -2.08. The van der Waals surface area contributed by atoms with Gasteiger partial charge in [0, 0.05) is 0 Å². The zero-order chi connectivity index (χ0) is 21.6. The van der Waals surface area contributed by atoms with E-state index in [4.69, 9.17) is 18.7 Å². The van der Waals surface area contributed by atoms with Crippen molar-refractivity contribution in [3.05, 3.63) is 72.4 Å². The van der Waals surface area contributed by atoms with Crippen LogP contribution in [0.3, 0.4) is 0 Å². The van der Waals surface area contributed by atoms with Crippen molar-refractivity contribution in [3.8, 4) is 28.6 Å². The zero-order valence-corrected chi connectivity index (χ0v) is 17.0. The fourth-order valence-corrected chi connectivity index (χ4v) is 2.91. The average molecular weight is 420 g/mol. The number of hydrogen-bond donors (Lipinski definition) is 0. The molecule has 2 aromatic heterocycles. The molecule has 0 atom stereocenters. The van der Waals surface area contributed by atoms with Gasteiger partial charge >= 0.3 is 5.97 Å². The van der Waals surface area contributed by atoms with Gasteiger partial charge in [0.25, 0.3) is 5.89 Å². The summed E-state index contributed by atoms with van der Waals surface area (Å²) < 4.78 is 23.1. The van der Waals surface area contributed by atoms with Crippen LogP contribution in [0.5, 0.6) is 11.5 Å². The van der Waals surface area contributed by atoms with Crippen molar-refractivity contribution in [2.45, 2.75) is 13.5 Å². The first-order chi connectivity index (χ1) is 15.2. The van der Waals surface area contributed by atoms with Crippen LogP contribution in [0.4, 0.5) is 0 Å². The highest BCUT2D eigenvalue weighted by molar-refractivity contribution is 5.90. The lowest BCUT2D eigenvalue weighted by molar-refractivity contribution is 0.0513. The Morgan fingerprint density at radius 2 is 1.84 bits per heavy atom. The van der Waals surface area contributed by atoms with Gasteiger partial charge in [-0.05, 0) is 31.2 Å². The number of ether oxygens (including phenoxy) is 3. The topological polar surface area (TPSA) is 102 Å². The highest BCUT2D eigenvalue weighted by atomic mass is 16.5. The maximum atomic E-state index is 12.3. The molecule has 2 heterocycles. The van der Waals surface area contributed by atoms with Crippen LogP contribution >= 0.6 is 0 Å². The molecule has 4 rings (SSSR count). The predicted octanol–water partition coefficient (Wildman–Crippen LogP) is 3.69. The Balaban J connectivity index is 1.56. The average Bonchev–Trinajstić information content (AvgIpc) is 3.46.